The van der Waals surface area contributed by atoms with Gasteiger partial charge in [0.2, 0.25) is 0 Å². The average Bonchev–Trinajstić information content (AvgIpc) is 2.53. The molecule has 0 aliphatic rings. The maximum Gasteiger partial charge on any atom is 0.278 e. The number of rotatable bonds is 5. The van der Waals surface area contributed by atoms with E-state index in [4.69, 9.17) is 9.57 Å². The first kappa shape index (κ1) is 11.7. The Balaban J connectivity index is 2.47. The Labute approximate surface area is 87.9 Å². The second-order valence-corrected chi connectivity index (χ2v) is 3.08. The number of hydrogen-bond acceptors (Lipinski definition) is 4. The number of nitrogens with zero attached hydrogens (tertiary/aromatic N) is 1. The average molecular weight is 213 g/mol. The van der Waals surface area contributed by atoms with Crippen molar-refractivity contribution in [2.24, 2.45) is 0 Å². The van der Waals surface area contributed by atoms with E-state index in [1.165, 1.54) is 0 Å². The number of carbonyl (C=O) groups is 1. The maximum atomic E-state index is 11.6. The number of ether oxygens (including phenoxy) is 1. The van der Waals surface area contributed by atoms with Gasteiger partial charge in [-0.3, -0.25) is 14.7 Å². The minimum atomic E-state index is -0.296. The van der Waals surface area contributed by atoms with Gasteiger partial charge in [0.1, 0.15) is 0 Å². The van der Waals surface area contributed by atoms with Gasteiger partial charge in [0.05, 0.1) is 24.5 Å². The summed E-state index contributed by atoms with van der Waals surface area (Å²) in [7, 11) is 1.57. The van der Waals surface area contributed by atoms with E-state index in [2.05, 4.69) is 15.7 Å². The molecule has 0 saturated carbocycles. The molecule has 0 saturated heterocycles. The van der Waals surface area contributed by atoms with E-state index >= 15 is 0 Å². The van der Waals surface area contributed by atoms with Crippen LogP contribution in [0, 0.1) is 13.8 Å². The third kappa shape index (κ3) is 3.03. The van der Waals surface area contributed by atoms with Crippen molar-refractivity contribution in [2.45, 2.75) is 13.8 Å². The lowest BCUT2D eigenvalue weighted by Gasteiger charge is -2.04. The summed E-state index contributed by atoms with van der Waals surface area (Å²) in [5.41, 5.74) is 4.22. The van der Waals surface area contributed by atoms with Gasteiger partial charge < -0.3 is 4.74 Å². The molecule has 15 heavy (non-hydrogen) atoms. The molecule has 0 bridgehead atoms. The van der Waals surface area contributed by atoms with E-state index in [0.717, 1.165) is 5.69 Å². The van der Waals surface area contributed by atoms with Crippen LogP contribution in [0.4, 0.5) is 0 Å². The smallest absolute Gasteiger partial charge is 0.278 e. The van der Waals surface area contributed by atoms with Gasteiger partial charge in [-0.2, -0.15) is 5.10 Å². The zero-order valence-electron chi connectivity index (χ0n) is 9.09. The predicted molar refractivity (Wildman–Crippen MR) is 53.4 cm³/mol. The van der Waals surface area contributed by atoms with Crippen LogP contribution in [0.1, 0.15) is 21.7 Å². The molecule has 6 heteroatoms. The number of aromatic nitrogens is 2. The molecule has 1 amide bonds. The summed E-state index contributed by atoms with van der Waals surface area (Å²) in [6.45, 7) is 4.29. The quantitative estimate of drug-likeness (QED) is 0.546. The van der Waals surface area contributed by atoms with E-state index in [-0.39, 0.29) is 5.91 Å². The largest absolute Gasteiger partial charge is 0.382 e. The summed E-state index contributed by atoms with van der Waals surface area (Å²) in [5.74, 6) is -0.296. The Morgan fingerprint density at radius 2 is 2.20 bits per heavy atom. The second-order valence-electron chi connectivity index (χ2n) is 3.08. The lowest BCUT2D eigenvalue weighted by Crippen LogP contribution is -2.26. The van der Waals surface area contributed by atoms with Crippen LogP contribution in [0.2, 0.25) is 0 Å². The standard InChI is InChI=1S/C9H15N3O3/c1-6-8(7(2)11-10-6)9(13)12-15-5-4-14-3/h4-5H2,1-3H3,(H,10,11)(H,12,13). The van der Waals surface area contributed by atoms with Crippen molar-refractivity contribution in [3.05, 3.63) is 17.0 Å². The van der Waals surface area contributed by atoms with Crippen molar-refractivity contribution in [1.82, 2.24) is 15.7 Å². The van der Waals surface area contributed by atoms with Crippen molar-refractivity contribution in [3.8, 4) is 0 Å². The number of H-pyrrole nitrogens is 1. The fourth-order valence-electron chi connectivity index (χ4n) is 1.18. The number of amides is 1. The van der Waals surface area contributed by atoms with Crippen LogP contribution in [-0.2, 0) is 9.57 Å². The summed E-state index contributed by atoms with van der Waals surface area (Å²) in [6.07, 6.45) is 0. The molecule has 0 atom stereocenters. The van der Waals surface area contributed by atoms with Gasteiger partial charge >= 0.3 is 0 Å². The third-order valence-electron chi connectivity index (χ3n) is 1.91. The van der Waals surface area contributed by atoms with Crippen molar-refractivity contribution in [1.29, 1.82) is 0 Å². The highest BCUT2D eigenvalue weighted by molar-refractivity contribution is 5.95. The molecule has 0 fully saturated rings. The first-order chi connectivity index (χ1) is 7.16. The van der Waals surface area contributed by atoms with E-state index in [0.29, 0.717) is 24.5 Å². The zero-order chi connectivity index (χ0) is 11.3. The summed E-state index contributed by atoms with van der Waals surface area (Å²) < 4.78 is 4.77. The van der Waals surface area contributed by atoms with Gasteiger partial charge in [-0.15, -0.1) is 0 Å². The topological polar surface area (TPSA) is 76.2 Å². The van der Waals surface area contributed by atoms with Gasteiger partial charge in [0.25, 0.3) is 5.91 Å². The van der Waals surface area contributed by atoms with Gasteiger partial charge in [-0.1, -0.05) is 0 Å². The zero-order valence-corrected chi connectivity index (χ0v) is 9.09. The van der Waals surface area contributed by atoms with Crippen LogP contribution in [-0.4, -0.2) is 36.4 Å². The summed E-state index contributed by atoms with van der Waals surface area (Å²) in [4.78, 5) is 16.5. The Morgan fingerprint density at radius 3 is 2.73 bits per heavy atom. The first-order valence-electron chi connectivity index (χ1n) is 4.59. The molecule has 1 heterocycles. The van der Waals surface area contributed by atoms with Crippen LogP contribution in [0.15, 0.2) is 0 Å². The van der Waals surface area contributed by atoms with E-state index in [1.807, 2.05) is 0 Å². The normalized spacial score (nSPS) is 10.3. The monoisotopic (exact) mass is 213 g/mol. The molecule has 1 aromatic heterocycles. The maximum absolute atomic E-state index is 11.6. The van der Waals surface area contributed by atoms with Gasteiger partial charge in [-0.25, -0.2) is 5.48 Å². The van der Waals surface area contributed by atoms with E-state index in [1.54, 1.807) is 21.0 Å². The Bertz CT molecular complexity index is 316. The van der Waals surface area contributed by atoms with Crippen LogP contribution in [0.25, 0.3) is 0 Å². The molecule has 0 spiro atoms. The number of nitrogens with one attached hydrogen (secondary N) is 2. The summed E-state index contributed by atoms with van der Waals surface area (Å²) in [5, 5.41) is 6.64. The van der Waals surface area contributed by atoms with E-state index < -0.39 is 0 Å². The molecule has 84 valence electrons. The Morgan fingerprint density at radius 1 is 1.47 bits per heavy atom. The number of aryl methyl sites for hydroxylation is 2. The summed E-state index contributed by atoms with van der Waals surface area (Å²) >= 11 is 0. The third-order valence-corrected chi connectivity index (χ3v) is 1.91. The number of hydrogen-bond donors (Lipinski definition) is 2. The molecular weight excluding hydrogens is 198 g/mol. The first-order valence-corrected chi connectivity index (χ1v) is 4.59. The molecule has 2 N–H and O–H groups in total. The Kier molecular flexibility index (Phi) is 4.26. The van der Waals surface area contributed by atoms with Gasteiger partial charge in [0.15, 0.2) is 0 Å². The lowest BCUT2D eigenvalue weighted by atomic mass is 10.2. The number of hydroxylamine groups is 1. The lowest BCUT2D eigenvalue weighted by molar-refractivity contribution is 0.00881. The number of aromatic amines is 1. The van der Waals surface area contributed by atoms with Crippen LogP contribution >= 0.6 is 0 Å². The minimum Gasteiger partial charge on any atom is -0.382 e. The number of methoxy groups -OCH3 is 1. The second kappa shape index (κ2) is 5.47. The molecule has 1 aromatic rings. The molecule has 6 nitrogen and oxygen atoms in total. The highest BCUT2D eigenvalue weighted by Crippen LogP contribution is 2.08. The SMILES string of the molecule is COCCONC(=O)c1c(C)n[nH]c1C. The van der Waals surface area contributed by atoms with E-state index in [9.17, 15) is 4.79 Å². The van der Waals surface area contributed by atoms with Crippen LogP contribution < -0.4 is 5.48 Å². The molecule has 0 aliphatic heterocycles. The van der Waals surface area contributed by atoms with Crippen molar-refractivity contribution < 1.29 is 14.4 Å². The predicted octanol–water partition coefficient (Wildman–Crippen LogP) is 0.334. The van der Waals surface area contributed by atoms with Crippen LogP contribution in [0.5, 0.6) is 0 Å². The summed E-state index contributed by atoms with van der Waals surface area (Å²) in [6, 6.07) is 0. The molecule has 0 unspecified atom stereocenters. The molecule has 0 aromatic carbocycles. The van der Waals surface area contributed by atoms with Gasteiger partial charge in [-0.05, 0) is 13.8 Å². The fourth-order valence-corrected chi connectivity index (χ4v) is 1.18. The molecule has 0 radical (unpaired) electrons. The Hall–Kier alpha value is -1.40. The highest BCUT2D eigenvalue weighted by Gasteiger charge is 2.14. The van der Waals surface area contributed by atoms with Crippen molar-refractivity contribution in [2.75, 3.05) is 20.3 Å². The minimum absolute atomic E-state index is 0.296. The van der Waals surface area contributed by atoms with Crippen molar-refractivity contribution >= 4 is 5.91 Å². The highest BCUT2D eigenvalue weighted by atomic mass is 16.7. The molecular formula is C9H15N3O3. The van der Waals surface area contributed by atoms with Crippen molar-refractivity contribution in [3.63, 3.8) is 0 Å². The fraction of sp³-hybridized carbons (Fsp3) is 0.556. The molecule has 1 rings (SSSR count). The number of carbonyl (C=O) groups excluding carboxylic acids is 1. The van der Waals surface area contributed by atoms with Crippen LogP contribution in [0.3, 0.4) is 0 Å². The van der Waals surface area contributed by atoms with Gasteiger partial charge in [0, 0.05) is 12.8 Å². The molecule has 0 aliphatic carbocycles.